The first-order chi connectivity index (χ1) is 46.1. The van der Waals surface area contributed by atoms with Gasteiger partial charge in [-0.05, 0) is 29.2 Å². The second-order valence-corrected chi connectivity index (χ2v) is 24.6. The first-order valence-corrected chi connectivity index (χ1v) is 31.2. The maximum atomic E-state index is 15.2. The van der Waals surface area contributed by atoms with E-state index in [1.165, 1.54) is 24.3 Å². The van der Waals surface area contributed by atoms with E-state index in [4.69, 9.17) is 39.9 Å². The predicted octanol–water partition coefficient (Wildman–Crippen LogP) is -12.0. The standard InChI is InChI=1S/C59H86N12O26/c1-22(2)13-35(77)96-49-44(83)42(81)32(20-74)94-57(49)97-48-33(21-75)95-56(47(86)45(48)84)92-26-11-9-24(10-12-26)14-27-51(88)69-37(39(78)28-15-63-58(60)67-28)54(91)70-38(40(79)30-16-64-59(61)71(30)55-46(85)43(82)41(80)31(19-73)93-55)53(90)66-29(18-72)50(87)62-17-34(76)68-36(52(89)65-27)23(3)25-7-5-4-6-8-25/h4-12,22-23,27-33,36-49,55-57,72-75,78-86H,13-21H2,1-3H3,(H2,61,64)(H,62,87)(H,65,89)(H,66,90)(H,68,76)(H,69,88)(H,70,91)(H3,60,63,67)/t23?,27-,28?,29+,30?,31-,32-,33-,36-,37+,38-,39?,40?,41-,42-,43+,44+,45-,46+,47+,48-,49+,55+,56+,57-/m1/s1. The molecule has 38 nitrogen and oxygen atoms in total. The molecule has 6 aliphatic heterocycles. The van der Waals surface area contributed by atoms with Gasteiger partial charge < -0.3 is 148 Å². The summed E-state index contributed by atoms with van der Waals surface area (Å²) in [6.45, 7) is -0.624. The lowest BCUT2D eigenvalue weighted by Gasteiger charge is -2.46. The van der Waals surface area contributed by atoms with Gasteiger partial charge in [0.2, 0.25) is 41.7 Å². The Balaban J connectivity index is 1.10. The van der Waals surface area contributed by atoms with Gasteiger partial charge in [-0.25, -0.2) is 0 Å². The zero-order valence-corrected chi connectivity index (χ0v) is 52.7. The molecule has 0 saturated carbocycles. The van der Waals surface area contributed by atoms with Gasteiger partial charge in [-0.2, -0.15) is 0 Å². The number of carbonyl (C=O) groups is 7. The summed E-state index contributed by atoms with van der Waals surface area (Å²) in [7, 11) is 0. The summed E-state index contributed by atoms with van der Waals surface area (Å²) in [6, 6.07) is 0.733. The Bertz CT molecular complexity index is 3100. The summed E-state index contributed by atoms with van der Waals surface area (Å²) in [5, 5.41) is 159. The molecule has 4 saturated heterocycles. The number of guanidine groups is 2. The van der Waals surface area contributed by atoms with Gasteiger partial charge in [-0.1, -0.05) is 63.2 Å². The van der Waals surface area contributed by atoms with Gasteiger partial charge in [-0.15, -0.1) is 0 Å². The predicted molar refractivity (Wildman–Crippen MR) is 326 cm³/mol. The molecule has 0 aliphatic carbocycles. The van der Waals surface area contributed by atoms with Crippen LogP contribution in [-0.2, 0) is 63.7 Å². The van der Waals surface area contributed by atoms with Crippen molar-refractivity contribution in [1.82, 2.24) is 42.1 Å². The molecular formula is C59H86N12O26. The van der Waals surface area contributed by atoms with Crippen molar-refractivity contribution in [1.29, 1.82) is 0 Å². The normalized spacial score (nSPS) is 35.9. The smallest absolute Gasteiger partial charge is 0.306 e. The minimum atomic E-state index is -2.36. The van der Waals surface area contributed by atoms with Crippen molar-refractivity contribution < 1.29 is 128 Å². The fourth-order valence-electron chi connectivity index (χ4n) is 11.8. The Morgan fingerprint density at radius 2 is 1.19 bits per heavy atom. The molecule has 5 unspecified atom stereocenters. The molecule has 2 aromatic rings. The number of rotatable bonds is 20. The van der Waals surface area contributed by atoms with Crippen molar-refractivity contribution >= 4 is 53.3 Å². The molecule has 24 N–H and O–H groups in total. The van der Waals surface area contributed by atoms with Crippen LogP contribution in [0.3, 0.4) is 0 Å². The van der Waals surface area contributed by atoms with Crippen LogP contribution < -0.4 is 53.4 Å². The zero-order chi connectivity index (χ0) is 70.9. The van der Waals surface area contributed by atoms with Gasteiger partial charge in [0, 0.05) is 18.8 Å². The zero-order valence-electron chi connectivity index (χ0n) is 52.7. The highest BCUT2D eigenvalue weighted by molar-refractivity contribution is 5.98. The molecule has 6 aliphatic rings. The maximum Gasteiger partial charge on any atom is 0.306 e. The summed E-state index contributed by atoms with van der Waals surface area (Å²) >= 11 is 0. The molecule has 0 aromatic heterocycles. The van der Waals surface area contributed by atoms with E-state index in [0.717, 1.165) is 4.90 Å². The second-order valence-electron chi connectivity index (χ2n) is 24.6. The Kier molecular flexibility index (Phi) is 25.8. The van der Waals surface area contributed by atoms with Gasteiger partial charge in [0.25, 0.3) is 0 Å². The van der Waals surface area contributed by atoms with Crippen LogP contribution in [0.4, 0.5) is 0 Å². The first-order valence-electron chi connectivity index (χ1n) is 31.2. The number of nitrogens with two attached hydrogens (primary N) is 2. The lowest BCUT2D eigenvalue weighted by atomic mass is 9.92. The highest BCUT2D eigenvalue weighted by atomic mass is 16.7. The van der Waals surface area contributed by atoms with Crippen molar-refractivity contribution in [2.24, 2.45) is 27.4 Å². The SMILES string of the molecule is CC(C)CC(=O)O[C@@H]1[C@@H](O[C@H]2[C@H](O)[C@H](O)[C@@H](Oc3ccc(C[C@H]4NC(=O)[C@@H](C(C)c5ccccc5)NC(=O)CNC(=O)[C@H](CO)NC(=O)[C@@H](C(O)C5CN=C(N)N5[C@H]5O[C@H](CO)[C@@H](O)[C@H](O)[C@@H]5O)NC(=O)[C@H](C(O)C5CN=C(N)N5)NC4=O)cc3)O[C@@H]2CO)O[C@H](CO)[C@@H](O)[C@@H]1O. The summed E-state index contributed by atoms with van der Waals surface area (Å²) in [5.41, 5.74) is 12.8. The number of aliphatic imine (C=N–C) groups is 2. The molecular weight excluding hydrogens is 1290 g/mol. The number of ether oxygens (including phenoxy) is 6. The van der Waals surface area contributed by atoms with Crippen LogP contribution in [0.15, 0.2) is 64.6 Å². The van der Waals surface area contributed by atoms with Gasteiger partial charge in [-0.3, -0.25) is 43.5 Å². The average molecular weight is 1380 g/mol. The number of aliphatic hydroxyl groups is 13. The third kappa shape index (κ3) is 17.6. The average Bonchev–Trinajstić information content (AvgIpc) is 1.73. The fourth-order valence-corrected chi connectivity index (χ4v) is 11.8. The van der Waals surface area contributed by atoms with Crippen molar-refractivity contribution in [3.05, 3.63) is 65.7 Å². The third-order valence-electron chi connectivity index (χ3n) is 17.3. The van der Waals surface area contributed by atoms with Gasteiger partial charge in [0.1, 0.15) is 115 Å². The molecule has 6 heterocycles. The van der Waals surface area contributed by atoms with Crippen LogP contribution in [0.5, 0.6) is 5.75 Å². The number of nitrogens with one attached hydrogen (secondary N) is 7. The van der Waals surface area contributed by atoms with Gasteiger partial charge >= 0.3 is 5.97 Å². The summed E-state index contributed by atoms with van der Waals surface area (Å²) in [4.78, 5) is 109. The van der Waals surface area contributed by atoms with E-state index in [0.29, 0.717) is 5.56 Å². The second kappa shape index (κ2) is 33.3. The number of aliphatic hydroxyl groups excluding tert-OH is 13. The quantitative estimate of drug-likeness (QED) is 0.0547. The molecule has 538 valence electrons. The van der Waals surface area contributed by atoms with Crippen LogP contribution >= 0.6 is 0 Å². The Hall–Kier alpha value is -7.61. The molecule has 0 bridgehead atoms. The van der Waals surface area contributed by atoms with E-state index in [1.807, 2.05) is 0 Å². The number of amides is 6. The highest BCUT2D eigenvalue weighted by Crippen LogP contribution is 2.33. The molecule has 97 heavy (non-hydrogen) atoms. The maximum absolute atomic E-state index is 15.2. The van der Waals surface area contributed by atoms with Crippen LogP contribution in [0.2, 0.25) is 0 Å². The molecule has 38 heteroatoms. The molecule has 2 aromatic carbocycles. The minimum Gasteiger partial charge on any atom is -0.462 e. The Morgan fingerprint density at radius 3 is 1.81 bits per heavy atom. The molecule has 0 radical (unpaired) electrons. The van der Waals surface area contributed by atoms with Crippen molar-refractivity contribution in [3.63, 3.8) is 0 Å². The van der Waals surface area contributed by atoms with Crippen molar-refractivity contribution in [2.45, 2.75) is 186 Å². The third-order valence-corrected chi connectivity index (χ3v) is 17.3. The molecule has 6 amide bonds. The van der Waals surface area contributed by atoms with Crippen LogP contribution in [0.1, 0.15) is 44.2 Å². The first kappa shape index (κ1) is 75.2. The monoisotopic (exact) mass is 1380 g/mol. The van der Waals surface area contributed by atoms with E-state index in [1.54, 1.807) is 51.1 Å². The van der Waals surface area contributed by atoms with Gasteiger partial charge in [0.05, 0.1) is 58.1 Å². The van der Waals surface area contributed by atoms with E-state index < -0.39 is 246 Å². The minimum absolute atomic E-state index is 0.0869. The number of hydrogen-bond donors (Lipinski definition) is 22. The summed E-state index contributed by atoms with van der Waals surface area (Å²) in [5.74, 6) is -10.1. The lowest BCUT2D eigenvalue weighted by molar-refractivity contribution is -0.353. The van der Waals surface area contributed by atoms with E-state index in [9.17, 15) is 90.4 Å². The number of hydrogen-bond acceptors (Lipinski definition) is 32. The lowest BCUT2D eigenvalue weighted by Crippen LogP contribution is -2.70. The van der Waals surface area contributed by atoms with E-state index >= 15 is 9.59 Å². The number of carbonyl (C=O) groups excluding carboxylic acids is 7. The summed E-state index contributed by atoms with van der Waals surface area (Å²) in [6.07, 6.45) is -32.0. The molecule has 8 rings (SSSR count). The highest BCUT2D eigenvalue weighted by Gasteiger charge is 2.55. The summed E-state index contributed by atoms with van der Waals surface area (Å²) < 4.78 is 34.4. The van der Waals surface area contributed by atoms with Crippen molar-refractivity contribution in [2.75, 3.05) is 46.1 Å². The fraction of sp³-hybridized carbons (Fsp3) is 0.644. The molecule has 4 fully saturated rings. The topological polar surface area (TPSA) is 602 Å². The van der Waals surface area contributed by atoms with Crippen molar-refractivity contribution in [3.8, 4) is 5.75 Å². The number of esters is 1. The van der Waals surface area contributed by atoms with Crippen LogP contribution in [0, 0.1) is 5.92 Å². The number of benzene rings is 2. The van der Waals surface area contributed by atoms with Crippen LogP contribution in [0.25, 0.3) is 0 Å². The van der Waals surface area contributed by atoms with Gasteiger partial charge in [0.15, 0.2) is 30.5 Å². The largest absolute Gasteiger partial charge is 0.462 e. The molecule has 0 spiro atoms. The number of nitrogens with zero attached hydrogens (tertiary/aromatic N) is 3. The Morgan fingerprint density at radius 1 is 0.598 bits per heavy atom. The Labute approximate surface area is 553 Å². The van der Waals surface area contributed by atoms with E-state index in [2.05, 4.69) is 47.2 Å². The molecule has 25 atom stereocenters. The van der Waals surface area contributed by atoms with E-state index in [-0.39, 0.29) is 36.2 Å². The van der Waals surface area contributed by atoms with Crippen LogP contribution in [-0.4, -0.2) is 317 Å².